The monoisotopic (exact) mass is 374 g/mol. The van der Waals surface area contributed by atoms with E-state index in [-0.39, 0.29) is 5.91 Å². The van der Waals surface area contributed by atoms with Gasteiger partial charge >= 0.3 is 0 Å². The average molecular weight is 374 g/mol. The molecule has 5 nitrogen and oxygen atoms in total. The van der Waals surface area contributed by atoms with E-state index in [0.717, 1.165) is 24.2 Å². The maximum absolute atomic E-state index is 13.0. The van der Waals surface area contributed by atoms with E-state index in [0.29, 0.717) is 13.1 Å². The second kappa shape index (κ2) is 8.30. The molecule has 0 saturated carbocycles. The van der Waals surface area contributed by atoms with Crippen LogP contribution in [0.25, 0.3) is 0 Å². The zero-order valence-corrected chi connectivity index (χ0v) is 16.3. The first kappa shape index (κ1) is 18.3. The molecule has 0 atom stereocenters. The third-order valence-corrected chi connectivity index (χ3v) is 5.29. The average Bonchev–Trinajstić information content (AvgIpc) is 3.42. The molecule has 0 unspecified atom stereocenters. The number of anilines is 1. The molecule has 144 valence electrons. The Morgan fingerprint density at radius 1 is 1.11 bits per heavy atom. The van der Waals surface area contributed by atoms with Crippen LogP contribution in [0.4, 0.5) is 5.69 Å². The molecule has 1 fully saturated rings. The van der Waals surface area contributed by atoms with Crippen LogP contribution in [0.3, 0.4) is 0 Å². The topological polar surface area (TPSA) is 41.4 Å². The molecule has 0 aliphatic carbocycles. The van der Waals surface area contributed by atoms with Gasteiger partial charge in [-0.2, -0.15) is 0 Å². The van der Waals surface area contributed by atoms with Crippen LogP contribution in [-0.2, 0) is 13.1 Å². The summed E-state index contributed by atoms with van der Waals surface area (Å²) >= 11 is 0. The third-order valence-electron chi connectivity index (χ3n) is 5.29. The summed E-state index contributed by atoms with van der Waals surface area (Å²) in [5.41, 5.74) is 4.27. The number of benzene rings is 2. The predicted octanol–water partition coefficient (Wildman–Crippen LogP) is 3.80. The van der Waals surface area contributed by atoms with E-state index in [1.807, 2.05) is 47.0 Å². The molecule has 1 saturated heterocycles. The van der Waals surface area contributed by atoms with Crippen molar-refractivity contribution in [1.29, 1.82) is 0 Å². The normalized spacial score (nSPS) is 13.7. The molecule has 2 aromatic carbocycles. The minimum atomic E-state index is 0.0451. The summed E-state index contributed by atoms with van der Waals surface area (Å²) in [6, 6.07) is 16.3. The van der Waals surface area contributed by atoms with E-state index in [9.17, 15) is 4.79 Å². The van der Waals surface area contributed by atoms with Gasteiger partial charge < -0.3 is 14.4 Å². The van der Waals surface area contributed by atoms with Crippen molar-refractivity contribution in [2.75, 3.05) is 25.0 Å². The van der Waals surface area contributed by atoms with Gasteiger partial charge in [-0.05, 0) is 42.2 Å². The van der Waals surface area contributed by atoms with Gasteiger partial charge in [-0.15, -0.1) is 0 Å². The summed E-state index contributed by atoms with van der Waals surface area (Å²) in [7, 11) is 1.88. The van der Waals surface area contributed by atoms with Crippen molar-refractivity contribution in [1.82, 2.24) is 14.5 Å². The quantitative estimate of drug-likeness (QED) is 0.659. The molecule has 2 heterocycles. The van der Waals surface area contributed by atoms with E-state index < -0.39 is 0 Å². The predicted molar refractivity (Wildman–Crippen MR) is 111 cm³/mol. The third kappa shape index (κ3) is 4.09. The van der Waals surface area contributed by atoms with Gasteiger partial charge in [0.25, 0.3) is 5.91 Å². The van der Waals surface area contributed by atoms with Gasteiger partial charge in [0.2, 0.25) is 0 Å². The fourth-order valence-corrected chi connectivity index (χ4v) is 3.85. The van der Waals surface area contributed by atoms with E-state index in [4.69, 9.17) is 0 Å². The smallest absolute Gasteiger partial charge is 0.253 e. The summed E-state index contributed by atoms with van der Waals surface area (Å²) in [6.07, 6.45) is 7.96. The van der Waals surface area contributed by atoms with Crippen LogP contribution in [-0.4, -0.2) is 40.5 Å². The Kier molecular flexibility index (Phi) is 5.42. The van der Waals surface area contributed by atoms with Crippen molar-refractivity contribution in [2.24, 2.45) is 0 Å². The fraction of sp³-hybridized carbons (Fsp3) is 0.304. The standard InChI is InChI=1S/C23H26N4O/c1-25(17-21-8-2-3-10-22(21)27-12-4-5-13-27)23(28)20-9-6-7-19(15-20)16-26-14-11-24-18-26/h2-3,6-11,14-15,18H,4-5,12-13,16-17H2,1H3. The van der Waals surface area contributed by atoms with Crippen LogP contribution in [0.15, 0.2) is 67.3 Å². The molecule has 1 aliphatic heterocycles. The molecule has 0 bridgehead atoms. The number of imidazole rings is 1. The van der Waals surface area contributed by atoms with E-state index in [1.165, 1.54) is 24.1 Å². The molecule has 1 aliphatic rings. The zero-order chi connectivity index (χ0) is 19.3. The molecule has 1 aromatic heterocycles. The van der Waals surface area contributed by atoms with Gasteiger partial charge in [0.1, 0.15) is 0 Å². The second-order valence-electron chi connectivity index (χ2n) is 7.42. The van der Waals surface area contributed by atoms with Crippen LogP contribution < -0.4 is 4.90 Å². The molecule has 0 N–H and O–H groups in total. The molecule has 5 heteroatoms. The molecule has 4 rings (SSSR count). The Bertz CT molecular complexity index is 929. The highest BCUT2D eigenvalue weighted by Gasteiger charge is 2.18. The van der Waals surface area contributed by atoms with Crippen molar-refractivity contribution in [3.8, 4) is 0 Å². The Hall–Kier alpha value is -3.08. The largest absolute Gasteiger partial charge is 0.371 e. The number of nitrogens with zero attached hydrogens (tertiary/aromatic N) is 4. The number of carbonyl (C=O) groups is 1. The number of hydrogen-bond acceptors (Lipinski definition) is 3. The Morgan fingerprint density at radius 3 is 2.71 bits per heavy atom. The maximum Gasteiger partial charge on any atom is 0.253 e. The number of amides is 1. The van der Waals surface area contributed by atoms with Crippen molar-refractivity contribution in [3.05, 3.63) is 83.9 Å². The Morgan fingerprint density at radius 2 is 1.93 bits per heavy atom. The Balaban J connectivity index is 1.48. The van der Waals surface area contributed by atoms with Crippen LogP contribution in [0, 0.1) is 0 Å². The summed E-state index contributed by atoms with van der Waals surface area (Å²) in [4.78, 5) is 21.3. The highest BCUT2D eigenvalue weighted by molar-refractivity contribution is 5.94. The van der Waals surface area contributed by atoms with Gasteiger partial charge in [0, 0.05) is 56.9 Å². The number of para-hydroxylation sites is 1. The van der Waals surface area contributed by atoms with Gasteiger partial charge in [-0.25, -0.2) is 4.98 Å². The summed E-state index contributed by atoms with van der Waals surface area (Å²) < 4.78 is 2.00. The highest BCUT2D eigenvalue weighted by Crippen LogP contribution is 2.25. The molecule has 0 radical (unpaired) electrons. The number of hydrogen-bond donors (Lipinski definition) is 0. The Labute approximate surface area is 166 Å². The van der Waals surface area contributed by atoms with Crippen molar-refractivity contribution in [3.63, 3.8) is 0 Å². The summed E-state index contributed by atoms with van der Waals surface area (Å²) in [6.45, 7) is 3.52. The van der Waals surface area contributed by atoms with E-state index in [2.05, 4.69) is 34.1 Å². The number of aromatic nitrogens is 2. The molecular weight excluding hydrogens is 348 g/mol. The first-order valence-corrected chi connectivity index (χ1v) is 9.84. The van der Waals surface area contributed by atoms with Gasteiger partial charge in [0.05, 0.1) is 6.33 Å². The molecule has 0 spiro atoms. The van der Waals surface area contributed by atoms with E-state index >= 15 is 0 Å². The van der Waals surface area contributed by atoms with Gasteiger partial charge in [0.15, 0.2) is 0 Å². The highest BCUT2D eigenvalue weighted by atomic mass is 16.2. The minimum absolute atomic E-state index is 0.0451. The lowest BCUT2D eigenvalue weighted by molar-refractivity contribution is 0.0785. The molecule has 3 aromatic rings. The lowest BCUT2D eigenvalue weighted by Gasteiger charge is -2.24. The lowest BCUT2D eigenvalue weighted by Crippen LogP contribution is -2.28. The van der Waals surface area contributed by atoms with E-state index in [1.54, 1.807) is 12.5 Å². The second-order valence-corrected chi connectivity index (χ2v) is 7.42. The van der Waals surface area contributed by atoms with Crippen LogP contribution in [0.1, 0.15) is 34.3 Å². The zero-order valence-electron chi connectivity index (χ0n) is 16.3. The molecule has 1 amide bonds. The molecule has 28 heavy (non-hydrogen) atoms. The first-order chi connectivity index (χ1) is 13.7. The summed E-state index contributed by atoms with van der Waals surface area (Å²) in [5.74, 6) is 0.0451. The minimum Gasteiger partial charge on any atom is -0.371 e. The number of carbonyl (C=O) groups excluding carboxylic acids is 1. The first-order valence-electron chi connectivity index (χ1n) is 9.84. The van der Waals surface area contributed by atoms with Crippen molar-refractivity contribution < 1.29 is 4.79 Å². The maximum atomic E-state index is 13.0. The van der Waals surface area contributed by atoms with Crippen LogP contribution in [0.5, 0.6) is 0 Å². The van der Waals surface area contributed by atoms with Crippen LogP contribution in [0.2, 0.25) is 0 Å². The van der Waals surface area contributed by atoms with Gasteiger partial charge in [-0.1, -0.05) is 30.3 Å². The lowest BCUT2D eigenvalue weighted by atomic mass is 10.1. The number of rotatable bonds is 6. The summed E-state index contributed by atoms with van der Waals surface area (Å²) in [5, 5.41) is 0. The SMILES string of the molecule is CN(Cc1ccccc1N1CCCC1)C(=O)c1cccc(Cn2ccnc2)c1. The fourth-order valence-electron chi connectivity index (χ4n) is 3.85. The van der Waals surface area contributed by atoms with Crippen molar-refractivity contribution >= 4 is 11.6 Å². The van der Waals surface area contributed by atoms with Crippen molar-refractivity contribution in [2.45, 2.75) is 25.9 Å². The van der Waals surface area contributed by atoms with Gasteiger partial charge in [-0.3, -0.25) is 4.79 Å². The van der Waals surface area contributed by atoms with Crippen LogP contribution >= 0.6 is 0 Å². The molecular formula is C23H26N4O.